The van der Waals surface area contributed by atoms with Gasteiger partial charge in [-0.15, -0.1) is 0 Å². The summed E-state index contributed by atoms with van der Waals surface area (Å²) in [6.45, 7) is 0. The van der Waals surface area contributed by atoms with E-state index in [4.69, 9.17) is 28.9 Å². The van der Waals surface area contributed by atoms with Crippen molar-refractivity contribution in [2.24, 2.45) is 0 Å². The van der Waals surface area contributed by atoms with Crippen molar-refractivity contribution in [1.82, 2.24) is 19.9 Å². The minimum absolute atomic E-state index is 0.0620. The topological polar surface area (TPSA) is 88.5 Å². The van der Waals surface area contributed by atoms with E-state index in [1.807, 2.05) is 12.1 Å². The van der Waals surface area contributed by atoms with Gasteiger partial charge in [-0.3, -0.25) is 0 Å². The van der Waals surface area contributed by atoms with Crippen LogP contribution in [0.25, 0.3) is 0 Å². The molecule has 4 aromatic rings. The maximum atomic E-state index is 5.46. The minimum atomic E-state index is 0.0620. The number of hydrogen-bond donors (Lipinski definition) is 0. The average molecular weight is 497 g/mol. The number of aromatic nitrogens is 4. The molecular weight excluding hydrogens is 472 g/mol. The Morgan fingerprint density at radius 3 is 1.35 bits per heavy atom. The van der Waals surface area contributed by atoms with Gasteiger partial charge in [0.05, 0.1) is 39.8 Å². The molecule has 0 saturated heterocycles. The van der Waals surface area contributed by atoms with Gasteiger partial charge in [0.25, 0.3) is 0 Å². The summed E-state index contributed by atoms with van der Waals surface area (Å²) in [6.07, 6.45) is 0. The van der Waals surface area contributed by atoms with Crippen LogP contribution in [0.4, 0.5) is 0 Å². The van der Waals surface area contributed by atoms with E-state index in [0.29, 0.717) is 11.8 Å². The Labute approximate surface area is 205 Å². The first-order chi connectivity index (χ1) is 16.7. The Morgan fingerprint density at radius 2 is 1.03 bits per heavy atom. The highest BCUT2D eigenvalue weighted by atomic mass is 32.1. The van der Waals surface area contributed by atoms with E-state index in [-0.39, 0.29) is 35.7 Å². The third-order valence-electron chi connectivity index (χ3n) is 6.27. The van der Waals surface area contributed by atoms with Crippen LogP contribution in [0, 0.1) is 0 Å². The Kier molecular flexibility index (Phi) is 6.34. The number of methoxy groups -OCH3 is 4. The van der Waals surface area contributed by atoms with Crippen molar-refractivity contribution in [2.75, 3.05) is 28.4 Å². The van der Waals surface area contributed by atoms with Crippen LogP contribution in [-0.2, 0) is 0 Å². The molecule has 1 saturated carbocycles. The van der Waals surface area contributed by atoms with E-state index in [2.05, 4.69) is 43.6 Å². The van der Waals surface area contributed by atoms with Crippen molar-refractivity contribution >= 4 is 22.7 Å². The normalized spacial score (nSPS) is 21.5. The molecule has 4 heterocycles. The van der Waals surface area contributed by atoms with Gasteiger partial charge >= 0.3 is 12.0 Å². The molecule has 0 spiro atoms. The summed E-state index contributed by atoms with van der Waals surface area (Å²) in [4.78, 5) is 18.1. The lowest BCUT2D eigenvalue weighted by molar-refractivity contribution is 0.215. The second kappa shape index (κ2) is 9.55. The van der Waals surface area contributed by atoms with Crippen molar-refractivity contribution < 1.29 is 18.9 Å². The first-order valence-corrected chi connectivity index (χ1v) is 12.5. The monoisotopic (exact) mass is 496 g/mol. The van der Waals surface area contributed by atoms with Crippen LogP contribution in [0.1, 0.15) is 46.2 Å². The van der Waals surface area contributed by atoms with Crippen molar-refractivity contribution in [3.05, 3.63) is 68.3 Å². The molecule has 0 atom stereocenters. The zero-order chi connectivity index (χ0) is 23.7. The van der Waals surface area contributed by atoms with Gasteiger partial charge in [0, 0.05) is 35.8 Å². The largest absolute Gasteiger partial charge is 0.481 e. The van der Waals surface area contributed by atoms with Gasteiger partial charge in [-0.05, 0) is 44.8 Å². The minimum Gasteiger partial charge on any atom is -0.481 e. The van der Waals surface area contributed by atoms with E-state index in [1.54, 1.807) is 51.1 Å². The number of thiophene rings is 2. The molecule has 0 amide bonds. The van der Waals surface area contributed by atoms with Crippen LogP contribution in [-0.4, -0.2) is 48.4 Å². The molecule has 0 N–H and O–H groups in total. The van der Waals surface area contributed by atoms with Crippen LogP contribution in [0.3, 0.4) is 0 Å². The van der Waals surface area contributed by atoms with Crippen LogP contribution in [0.2, 0.25) is 0 Å². The molecule has 34 heavy (non-hydrogen) atoms. The molecule has 8 nitrogen and oxygen atoms in total. The molecule has 176 valence electrons. The maximum absolute atomic E-state index is 5.46. The summed E-state index contributed by atoms with van der Waals surface area (Å²) in [5.41, 5.74) is 4.22. The first kappa shape index (κ1) is 22.5. The van der Waals surface area contributed by atoms with Crippen LogP contribution in [0.15, 0.2) is 45.8 Å². The lowest BCUT2D eigenvalue weighted by Crippen LogP contribution is -2.40. The highest BCUT2D eigenvalue weighted by Crippen LogP contribution is 2.66. The molecule has 0 aliphatic heterocycles. The van der Waals surface area contributed by atoms with Gasteiger partial charge in [-0.2, -0.15) is 42.6 Å². The van der Waals surface area contributed by atoms with Crippen LogP contribution < -0.4 is 18.9 Å². The van der Waals surface area contributed by atoms with E-state index in [9.17, 15) is 0 Å². The second-order valence-corrected chi connectivity index (χ2v) is 9.42. The number of ether oxygens (including phenoxy) is 4. The lowest BCUT2D eigenvalue weighted by atomic mass is 9.51. The molecule has 0 radical (unpaired) electrons. The maximum Gasteiger partial charge on any atom is 0.319 e. The van der Waals surface area contributed by atoms with Gasteiger partial charge in [0.2, 0.25) is 11.8 Å². The molecule has 0 unspecified atom stereocenters. The second-order valence-electron chi connectivity index (χ2n) is 7.86. The molecule has 10 heteroatoms. The van der Waals surface area contributed by atoms with Crippen molar-refractivity contribution in [2.45, 2.75) is 23.7 Å². The standard InChI is InChI=1S/C24H24N4O4S2/c1-29-17-9-15(25-23(27-17)31-3)21-19(13-5-7-33-11-13)22(20(21)14-6-8-34-12-14)16-10-18(30-2)28-24(26-16)32-4/h5-12,19-22H,1-4H3/t19-,20-,21-,22-. The molecule has 1 aliphatic rings. The summed E-state index contributed by atoms with van der Waals surface area (Å²) in [6, 6.07) is 8.73. The summed E-state index contributed by atoms with van der Waals surface area (Å²) in [7, 11) is 6.32. The van der Waals surface area contributed by atoms with Gasteiger partial charge < -0.3 is 18.9 Å². The summed E-state index contributed by atoms with van der Waals surface area (Å²) in [5.74, 6) is 1.31. The molecule has 5 rings (SSSR count). The molecule has 1 aliphatic carbocycles. The Hall–Kier alpha value is -3.24. The fourth-order valence-corrected chi connectivity index (χ4v) is 6.23. The van der Waals surface area contributed by atoms with Gasteiger partial charge in [-0.25, -0.2) is 0 Å². The summed E-state index contributed by atoms with van der Waals surface area (Å²) in [5, 5.41) is 8.59. The van der Waals surface area contributed by atoms with E-state index in [1.165, 1.54) is 11.1 Å². The third-order valence-corrected chi connectivity index (χ3v) is 7.68. The lowest BCUT2D eigenvalue weighted by Gasteiger charge is -2.51. The average Bonchev–Trinajstić information content (AvgIpc) is 3.58. The van der Waals surface area contributed by atoms with Crippen LogP contribution in [0.5, 0.6) is 23.8 Å². The third kappa shape index (κ3) is 3.97. The summed E-state index contributed by atoms with van der Waals surface area (Å²) < 4.78 is 21.7. The summed E-state index contributed by atoms with van der Waals surface area (Å²) >= 11 is 3.36. The first-order valence-electron chi connectivity index (χ1n) is 10.6. The predicted molar refractivity (Wildman–Crippen MR) is 130 cm³/mol. The molecule has 0 aromatic carbocycles. The van der Waals surface area contributed by atoms with Gasteiger partial charge in [-0.1, -0.05) is 0 Å². The zero-order valence-electron chi connectivity index (χ0n) is 19.2. The van der Waals surface area contributed by atoms with Crippen molar-refractivity contribution in [3.8, 4) is 23.8 Å². The molecule has 1 fully saturated rings. The highest BCUT2D eigenvalue weighted by molar-refractivity contribution is 7.08. The van der Waals surface area contributed by atoms with E-state index in [0.717, 1.165) is 11.4 Å². The van der Waals surface area contributed by atoms with E-state index < -0.39 is 0 Å². The smallest absolute Gasteiger partial charge is 0.319 e. The number of nitrogens with zero attached hydrogens (tertiary/aromatic N) is 4. The van der Waals surface area contributed by atoms with Gasteiger partial charge in [0.15, 0.2) is 0 Å². The Balaban J connectivity index is 1.69. The number of hydrogen-bond acceptors (Lipinski definition) is 10. The quantitative estimate of drug-likeness (QED) is 0.341. The SMILES string of the molecule is COc1cc([C@H]2[C@H](c3ccsc3)[C@H](c3cc(OC)nc(OC)n3)[C@H]2c2ccsc2)nc(OC)n1. The Morgan fingerprint density at radius 1 is 0.588 bits per heavy atom. The fourth-order valence-electron chi connectivity index (χ4n) is 4.82. The fraction of sp³-hybridized carbons (Fsp3) is 0.333. The predicted octanol–water partition coefficient (Wildman–Crippen LogP) is 4.87. The van der Waals surface area contributed by atoms with Crippen LogP contribution >= 0.6 is 22.7 Å². The van der Waals surface area contributed by atoms with E-state index >= 15 is 0 Å². The zero-order valence-corrected chi connectivity index (χ0v) is 20.8. The molecule has 0 bridgehead atoms. The van der Waals surface area contributed by atoms with Crippen molar-refractivity contribution in [3.63, 3.8) is 0 Å². The Bertz CT molecular complexity index is 1100. The molecule has 4 aromatic heterocycles. The molecular formula is C24H24N4O4S2. The van der Waals surface area contributed by atoms with Crippen molar-refractivity contribution in [1.29, 1.82) is 0 Å². The van der Waals surface area contributed by atoms with Gasteiger partial charge in [0.1, 0.15) is 0 Å². The number of rotatable bonds is 8. The highest BCUT2D eigenvalue weighted by Gasteiger charge is 2.55.